The molecule has 198 valence electrons. The number of aliphatic hydroxyl groups is 1. The fourth-order valence-electron chi connectivity index (χ4n) is 3.92. The molecule has 0 saturated carbocycles. The van der Waals surface area contributed by atoms with Gasteiger partial charge in [-0.3, -0.25) is 19.7 Å². The van der Waals surface area contributed by atoms with Gasteiger partial charge in [-0.1, -0.05) is 30.3 Å². The van der Waals surface area contributed by atoms with Gasteiger partial charge >= 0.3 is 0 Å². The molecule has 12 heteroatoms. The Morgan fingerprint density at radius 3 is 2.64 bits per heavy atom. The third kappa shape index (κ3) is 5.71. The highest BCUT2D eigenvalue weighted by Gasteiger charge is 2.21. The number of hydrogen-bond acceptors (Lipinski definition) is 9. The fraction of sp³-hybridized carbons (Fsp3) is 0.148. The first-order valence-corrected chi connectivity index (χ1v) is 12.7. The number of hydrogen-bond donors (Lipinski definition) is 4. The van der Waals surface area contributed by atoms with Crippen molar-refractivity contribution in [1.29, 1.82) is 0 Å². The zero-order valence-corrected chi connectivity index (χ0v) is 21.6. The molecule has 2 aromatic carbocycles. The molecule has 0 aliphatic rings. The summed E-state index contributed by atoms with van der Waals surface area (Å²) in [6, 6.07) is 17.5. The van der Waals surface area contributed by atoms with E-state index in [0.29, 0.717) is 38.8 Å². The Hall–Kier alpha value is -4.81. The van der Waals surface area contributed by atoms with E-state index < -0.39 is 17.9 Å². The van der Waals surface area contributed by atoms with Gasteiger partial charge in [-0.05, 0) is 30.3 Å². The molecule has 5 N–H and O–H groups in total. The van der Waals surface area contributed by atoms with Crippen molar-refractivity contribution in [3.63, 3.8) is 0 Å². The zero-order chi connectivity index (χ0) is 27.5. The number of oxazole rings is 1. The molecule has 1 atom stereocenters. The van der Waals surface area contributed by atoms with Crippen LogP contribution in [0.3, 0.4) is 0 Å². The number of aliphatic hydroxyl groups excluding tert-OH is 1. The van der Waals surface area contributed by atoms with Gasteiger partial charge in [-0.25, -0.2) is 9.97 Å². The number of carbonyl (C=O) groups is 3. The number of amides is 2. The van der Waals surface area contributed by atoms with Crippen LogP contribution in [0.2, 0.25) is 0 Å². The second kappa shape index (κ2) is 10.9. The van der Waals surface area contributed by atoms with Crippen LogP contribution in [-0.2, 0) is 11.3 Å². The lowest BCUT2D eigenvalue weighted by Gasteiger charge is -2.12. The minimum atomic E-state index is -1.50. The Bertz CT molecular complexity index is 1670. The van der Waals surface area contributed by atoms with E-state index in [1.54, 1.807) is 67.7 Å². The van der Waals surface area contributed by atoms with Crippen LogP contribution in [-0.4, -0.2) is 49.9 Å². The number of thiophene rings is 1. The first kappa shape index (κ1) is 25.8. The van der Waals surface area contributed by atoms with Crippen LogP contribution in [0, 0.1) is 6.92 Å². The highest BCUT2D eigenvalue weighted by Crippen LogP contribution is 2.30. The van der Waals surface area contributed by atoms with Gasteiger partial charge < -0.3 is 25.1 Å². The van der Waals surface area contributed by atoms with E-state index in [1.165, 1.54) is 15.9 Å². The van der Waals surface area contributed by atoms with E-state index in [2.05, 4.69) is 20.6 Å². The van der Waals surface area contributed by atoms with Crippen LogP contribution >= 0.6 is 11.3 Å². The average Bonchev–Trinajstić information content (AvgIpc) is 3.67. The Kier molecular flexibility index (Phi) is 7.21. The second-order valence-corrected chi connectivity index (χ2v) is 9.76. The van der Waals surface area contributed by atoms with Gasteiger partial charge in [0.2, 0.25) is 11.9 Å². The quantitative estimate of drug-likeness (QED) is 0.194. The third-order valence-corrected chi connectivity index (χ3v) is 7.00. The molecular weight excluding hydrogens is 520 g/mol. The third-order valence-electron chi connectivity index (χ3n) is 5.90. The Balaban J connectivity index is 1.39. The summed E-state index contributed by atoms with van der Waals surface area (Å²) >= 11 is 1.22. The van der Waals surface area contributed by atoms with E-state index in [1.807, 2.05) is 6.07 Å². The first-order valence-electron chi connectivity index (χ1n) is 11.9. The molecule has 1 unspecified atom stereocenters. The number of aryl methyl sites for hydroxylation is 1. The summed E-state index contributed by atoms with van der Waals surface area (Å²) in [5.41, 5.74) is 7.53. The molecule has 0 bridgehead atoms. The summed E-state index contributed by atoms with van der Waals surface area (Å²) in [5, 5.41) is 16.0. The number of nitrogens with two attached hydrogens (primary N) is 1. The van der Waals surface area contributed by atoms with Crippen molar-refractivity contribution in [1.82, 2.24) is 14.5 Å². The van der Waals surface area contributed by atoms with Crippen molar-refractivity contribution in [2.24, 2.45) is 5.73 Å². The summed E-state index contributed by atoms with van der Waals surface area (Å²) in [5.74, 6) is -0.215. The standard InChI is InChI=1S/C27H24N6O5S/c1-15-29-13-22(38-15)23-9-10-24(39-23)26(37)32-27-31-18-11-17(30-12-20(34)16-5-3-2-4-6-16)7-8-19(18)33(27)14-21(35)25(28)36/h2-11,13,21,30,35H,12,14H2,1H3,(H2,28,36)(H,31,32,37). The van der Waals surface area contributed by atoms with E-state index >= 15 is 0 Å². The fourth-order valence-corrected chi connectivity index (χ4v) is 4.77. The number of imidazole rings is 1. The van der Waals surface area contributed by atoms with Crippen LogP contribution in [0.4, 0.5) is 11.6 Å². The molecule has 39 heavy (non-hydrogen) atoms. The van der Waals surface area contributed by atoms with Crippen LogP contribution < -0.4 is 16.4 Å². The van der Waals surface area contributed by atoms with E-state index in [4.69, 9.17) is 10.2 Å². The van der Waals surface area contributed by atoms with Gasteiger partial charge in [0.05, 0.1) is 40.1 Å². The number of anilines is 2. The summed E-state index contributed by atoms with van der Waals surface area (Å²) < 4.78 is 7.04. The number of fused-ring (bicyclic) bond motifs is 1. The topological polar surface area (TPSA) is 165 Å². The average molecular weight is 545 g/mol. The zero-order valence-electron chi connectivity index (χ0n) is 20.7. The second-order valence-electron chi connectivity index (χ2n) is 8.67. The molecule has 5 aromatic rings. The van der Waals surface area contributed by atoms with Crippen LogP contribution in [0.15, 0.2) is 71.3 Å². The molecule has 3 aromatic heterocycles. The van der Waals surface area contributed by atoms with E-state index in [9.17, 15) is 19.5 Å². The van der Waals surface area contributed by atoms with Crippen molar-refractivity contribution in [2.45, 2.75) is 19.6 Å². The summed E-state index contributed by atoms with van der Waals surface area (Å²) in [6.07, 6.45) is 0.0920. The van der Waals surface area contributed by atoms with Crippen molar-refractivity contribution < 1.29 is 23.9 Å². The smallest absolute Gasteiger partial charge is 0.268 e. The van der Waals surface area contributed by atoms with E-state index in [0.717, 1.165) is 4.88 Å². The molecule has 2 amide bonds. The molecule has 0 spiro atoms. The lowest BCUT2D eigenvalue weighted by molar-refractivity contribution is -0.126. The predicted molar refractivity (Wildman–Crippen MR) is 147 cm³/mol. The lowest BCUT2D eigenvalue weighted by atomic mass is 10.1. The Morgan fingerprint density at radius 1 is 1.13 bits per heavy atom. The number of nitrogens with one attached hydrogen (secondary N) is 2. The minimum Gasteiger partial charge on any atom is -0.440 e. The monoisotopic (exact) mass is 544 g/mol. The van der Waals surface area contributed by atoms with Gasteiger partial charge in [0.15, 0.2) is 17.4 Å². The van der Waals surface area contributed by atoms with Crippen molar-refractivity contribution in [2.75, 3.05) is 17.2 Å². The van der Waals surface area contributed by atoms with Crippen molar-refractivity contribution in [3.8, 4) is 10.6 Å². The number of aromatic nitrogens is 3. The summed E-state index contributed by atoms with van der Waals surface area (Å²) in [7, 11) is 0. The highest BCUT2D eigenvalue weighted by molar-refractivity contribution is 7.17. The molecule has 0 aliphatic heterocycles. The number of rotatable bonds is 10. The van der Waals surface area contributed by atoms with Crippen molar-refractivity contribution >= 4 is 51.6 Å². The van der Waals surface area contributed by atoms with Gasteiger partial charge in [-0.2, -0.15) is 0 Å². The lowest BCUT2D eigenvalue weighted by Crippen LogP contribution is -2.32. The molecule has 0 saturated heterocycles. The number of nitrogens with zero attached hydrogens (tertiary/aromatic N) is 3. The van der Waals surface area contributed by atoms with Crippen molar-refractivity contribution in [3.05, 3.63) is 83.2 Å². The van der Waals surface area contributed by atoms with Crippen LogP contribution in [0.25, 0.3) is 21.7 Å². The molecule has 11 nitrogen and oxygen atoms in total. The predicted octanol–water partition coefficient (Wildman–Crippen LogP) is 3.45. The molecule has 5 rings (SSSR count). The number of Topliss-reactive ketones (excluding diaryl/α,β-unsaturated/α-hetero) is 1. The number of primary amides is 1. The SMILES string of the molecule is Cc1ncc(-c2ccc(C(=O)Nc3nc4cc(NCC(=O)c5ccccc5)ccc4n3CC(O)C(N)=O)s2)o1. The molecule has 0 fully saturated rings. The molecular formula is C27H24N6O5S. The maximum absolute atomic E-state index is 13.1. The molecule has 0 aliphatic carbocycles. The highest BCUT2D eigenvalue weighted by atomic mass is 32.1. The van der Waals surface area contributed by atoms with Crippen LogP contribution in [0.5, 0.6) is 0 Å². The molecule has 0 radical (unpaired) electrons. The van der Waals surface area contributed by atoms with Gasteiger partial charge in [0.25, 0.3) is 5.91 Å². The number of benzene rings is 2. The largest absolute Gasteiger partial charge is 0.440 e. The number of ketones is 1. The van der Waals surface area contributed by atoms with Gasteiger partial charge in [-0.15, -0.1) is 11.3 Å². The normalized spacial score (nSPS) is 11.8. The van der Waals surface area contributed by atoms with Gasteiger partial charge in [0.1, 0.15) is 6.10 Å². The minimum absolute atomic E-state index is 0.0745. The number of carbonyl (C=O) groups excluding carboxylic acids is 3. The summed E-state index contributed by atoms with van der Waals surface area (Å²) in [6.45, 7) is 1.59. The van der Waals surface area contributed by atoms with E-state index in [-0.39, 0.29) is 24.8 Å². The maximum atomic E-state index is 13.1. The Labute approximate surface area is 226 Å². The maximum Gasteiger partial charge on any atom is 0.268 e. The molecule has 3 heterocycles. The first-order chi connectivity index (χ1) is 18.8. The van der Waals surface area contributed by atoms with Crippen LogP contribution in [0.1, 0.15) is 25.9 Å². The Morgan fingerprint density at radius 2 is 1.92 bits per heavy atom. The van der Waals surface area contributed by atoms with Gasteiger partial charge in [0, 0.05) is 18.2 Å². The summed E-state index contributed by atoms with van der Waals surface area (Å²) in [4.78, 5) is 46.9.